The van der Waals surface area contributed by atoms with E-state index in [1.165, 1.54) is 13.2 Å². The van der Waals surface area contributed by atoms with Gasteiger partial charge in [-0.25, -0.2) is 0 Å². The van der Waals surface area contributed by atoms with Gasteiger partial charge in [-0.1, -0.05) is 0 Å². The van der Waals surface area contributed by atoms with E-state index in [-0.39, 0.29) is 5.69 Å². The molecule has 0 radical (unpaired) electrons. The normalized spacial score (nSPS) is 10.5. The minimum Gasteiger partial charge on any atom is -0.496 e. The molecule has 0 aliphatic heterocycles. The van der Waals surface area contributed by atoms with Crippen LogP contribution in [0, 0.1) is 10.1 Å². The highest BCUT2D eigenvalue weighted by Crippen LogP contribution is 2.28. The molecule has 106 valence electrons. The minimum atomic E-state index is -0.398. The first-order valence-corrected chi connectivity index (χ1v) is 6.25. The van der Waals surface area contributed by atoms with Gasteiger partial charge >= 0.3 is 0 Å². The predicted octanol–water partition coefficient (Wildman–Crippen LogP) is 2.36. The number of ether oxygens (including phenoxy) is 1. The van der Waals surface area contributed by atoms with Gasteiger partial charge in [-0.3, -0.25) is 10.1 Å². The van der Waals surface area contributed by atoms with Crippen molar-refractivity contribution in [1.29, 1.82) is 0 Å². The van der Waals surface area contributed by atoms with Crippen LogP contribution in [0.25, 0.3) is 0 Å². The molecule has 0 aliphatic rings. The molecule has 6 nitrogen and oxygen atoms in total. The van der Waals surface area contributed by atoms with Gasteiger partial charge in [0.05, 0.1) is 18.1 Å². The Balaban J connectivity index is 2.55. The fourth-order valence-corrected chi connectivity index (χ4v) is 1.72. The molecule has 0 atom stereocenters. The molecule has 1 rings (SSSR count). The van der Waals surface area contributed by atoms with E-state index in [0.717, 1.165) is 25.9 Å². The number of benzene rings is 1. The fourth-order valence-electron chi connectivity index (χ4n) is 1.72. The summed E-state index contributed by atoms with van der Waals surface area (Å²) in [5.41, 5.74) is 0.586. The molecular weight excluding hydrogens is 246 g/mol. The van der Waals surface area contributed by atoms with Gasteiger partial charge in [0, 0.05) is 6.54 Å². The molecule has 0 spiro atoms. The van der Waals surface area contributed by atoms with Crippen molar-refractivity contribution in [2.45, 2.75) is 12.8 Å². The highest BCUT2D eigenvalue weighted by atomic mass is 16.6. The third-order valence-electron chi connectivity index (χ3n) is 2.75. The van der Waals surface area contributed by atoms with Crippen LogP contribution in [0.3, 0.4) is 0 Å². The number of methoxy groups -OCH3 is 1. The molecular formula is C13H21N3O3. The van der Waals surface area contributed by atoms with Crippen molar-refractivity contribution in [2.75, 3.05) is 39.6 Å². The van der Waals surface area contributed by atoms with Crippen molar-refractivity contribution in [3.05, 3.63) is 28.3 Å². The highest BCUT2D eigenvalue weighted by molar-refractivity contribution is 5.63. The van der Waals surface area contributed by atoms with Crippen LogP contribution in [0.15, 0.2) is 18.2 Å². The van der Waals surface area contributed by atoms with Crippen LogP contribution >= 0.6 is 0 Å². The molecule has 0 saturated heterocycles. The molecule has 1 aromatic rings. The van der Waals surface area contributed by atoms with Crippen LogP contribution in [0.5, 0.6) is 5.75 Å². The number of unbranched alkanes of at least 4 members (excludes halogenated alkanes) is 1. The van der Waals surface area contributed by atoms with Gasteiger partial charge in [0.2, 0.25) is 0 Å². The monoisotopic (exact) mass is 267 g/mol. The summed E-state index contributed by atoms with van der Waals surface area (Å²) in [4.78, 5) is 12.7. The van der Waals surface area contributed by atoms with E-state index >= 15 is 0 Å². The second-order valence-electron chi connectivity index (χ2n) is 4.58. The molecule has 19 heavy (non-hydrogen) atoms. The van der Waals surface area contributed by atoms with E-state index in [1.54, 1.807) is 12.1 Å². The molecule has 0 heterocycles. The average molecular weight is 267 g/mol. The Bertz CT molecular complexity index is 422. The molecule has 1 aromatic carbocycles. The zero-order chi connectivity index (χ0) is 14.3. The van der Waals surface area contributed by atoms with E-state index in [0.29, 0.717) is 11.4 Å². The number of nitro benzene ring substituents is 1. The molecule has 1 N–H and O–H groups in total. The summed E-state index contributed by atoms with van der Waals surface area (Å²) >= 11 is 0. The topological polar surface area (TPSA) is 67.6 Å². The van der Waals surface area contributed by atoms with Crippen molar-refractivity contribution in [3.63, 3.8) is 0 Å². The maximum absolute atomic E-state index is 11.0. The lowest BCUT2D eigenvalue weighted by Crippen LogP contribution is -2.14. The summed E-state index contributed by atoms with van der Waals surface area (Å²) < 4.78 is 4.99. The fraction of sp³-hybridized carbons (Fsp3) is 0.538. The number of hydrogen-bond donors (Lipinski definition) is 1. The Morgan fingerprint density at radius 1 is 1.37 bits per heavy atom. The van der Waals surface area contributed by atoms with Gasteiger partial charge in [0.1, 0.15) is 11.4 Å². The van der Waals surface area contributed by atoms with E-state index in [9.17, 15) is 10.1 Å². The molecule has 6 heteroatoms. The minimum absolute atomic E-state index is 0.0481. The third kappa shape index (κ3) is 5.13. The first-order chi connectivity index (χ1) is 9.04. The Morgan fingerprint density at radius 3 is 2.68 bits per heavy atom. The molecule has 0 bridgehead atoms. The summed E-state index contributed by atoms with van der Waals surface area (Å²) in [6.07, 6.45) is 2.03. The van der Waals surface area contributed by atoms with E-state index in [1.807, 2.05) is 14.1 Å². The Morgan fingerprint density at radius 2 is 2.11 bits per heavy atom. The van der Waals surface area contributed by atoms with Crippen LogP contribution in [-0.2, 0) is 0 Å². The van der Waals surface area contributed by atoms with Crippen LogP contribution in [-0.4, -0.2) is 44.1 Å². The van der Waals surface area contributed by atoms with Crippen molar-refractivity contribution in [1.82, 2.24) is 4.90 Å². The average Bonchev–Trinajstić information content (AvgIpc) is 2.38. The van der Waals surface area contributed by atoms with Gasteiger partial charge < -0.3 is 15.0 Å². The standard InChI is InChI=1S/C13H21N3O3/c1-15(2)9-5-4-8-14-12-7-6-11(19-3)10-13(12)16(17)18/h6-7,10,14H,4-5,8-9H2,1-3H3. The Hall–Kier alpha value is -1.82. The van der Waals surface area contributed by atoms with Crippen molar-refractivity contribution < 1.29 is 9.66 Å². The Labute approximate surface area is 113 Å². The summed E-state index contributed by atoms with van der Waals surface area (Å²) in [7, 11) is 5.55. The summed E-state index contributed by atoms with van der Waals surface area (Å²) in [6, 6.07) is 4.83. The van der Waals surface area contributed by atoms with E-state index in [4.69, 9.17) is 4.74 Å². The van der Waals surface area contributed by atoms with Gasteiger partial charge in [0.15, 0.2) is 0 Å². The largest absolute Gasteiger partial charge is 0.496 e. The van der Waals surface area contributed by atoms with Crippen molar-refractivity contribution in [2.24, 2.45) is 0 Å². The van der Waals surface area contributed by atoms with E-state index in [2.05, 4.69) is 10.2 Å². The second kappa shape index (κ2) is 7.58. The third-order valence-corrected chi connectivity index (χ3v) is 2.75. The van der Waals surface area contributed by atoms with Gasteiger partial charge in [0.25, 0.3) is 5.69 Å². The van der Waals surface area contributed by atoms with Crippen molar-refractivity contribution >= 4 is 11.4 Å². The van der Waals surface area contributed by atoms with Crippen LogP contribution in [0.2, 0.25) is 0 Å². The number of nitro groups is 1. The number of nitrogens with one attached hydrogen (secondary N) is 1. The maximum Gasteiger partial charge on any atom is 0.296 e. The van der Waals surface area contributed by atoms with Crippen LogP contribution < -0.4 is 10.1 Å². The van der Waals surface area contributed by atoms with Gasteiger partial charge in [-0.2, -0.15) is 0 Å². The summed E-state index contributed by atoms with van der Waals surface area (Å²) in [6.45, 7) is 1.74. The molecule has 0 unspecified atom stereocenters. The number of nitrogens with zero attached hydrogens (tertiary/aromatic N) is 2. The quantitative estimate of drug-likeness (QED) is 0.445. The molecule has 0 amide bonds. The SMILES string of the molecule is COc1ccc(NCCCCN(C)C)c([N+](=O)[O-])c1. The summed E-state index contributed by atoms with van der Waals surface area (Å²) in [5, 5.41) is 14.1. The zero-order valence-corrected chi connectivity index (χ0v) is 11.7. The highest BCUT2D eigenvalue weighted by Gasteiger charge is 2.14. The van der Waals surface area contributed by atoms with Crippen molar-refractivity contribution in [3.8, 4) is 5.75 Å². The zero-order valence-electron chi connectivity index (χ0n) is 11.7. The van der Waals surface area contributed by atoms with Crippen LogP contribution in [0.4, 0.5) is 11.4 Å². The smallest absolute Gasteiger partial charge is 0.296 e. The number of rotatable bonds is 8. The first-order valence-electron chi connectivity index (χ1n) is 6.25. The Kier molecular flexibility index (Phi) is 6.08. The van der Waals surface area contributed by atoms with E-state index < -0.39 is 4.92 Å². The number of anilines is 1. The van der Waals surface area contributed by atoms with Gasteiger partial charge in [-0.05, 0) is 45.6 Å². The lowest BCUT2D eigenvalue weighted by molar-refractivity contribution is -0.384. The van der Waals surface area contributed by atoms with Crippen LogP contribution in [0.1, 0.15) is 12.8 Å². The second-order valence-corrected chi connectivity index (χ2v) is 4.58. The molecule has 0 aliphatic carbocycles. The van der Waals surface area contributed by atoms with Gasteiger partial charge in [-0.15, -0.1) is 0 Å². The molecule has 0 fully saturated rings. The summed E-state index contributed by atoms with van der Waals surface area (Å²) in [5.74, 6) is 0.491. The lowest BCUT2D eigenvalue weighted by Gasteiger charge is -2.10. The predicted molar refractivity (Wildman–Crippen MR) is 75.9 cm³/mol. The maximum atomic E-state index is 11.0. The number of hydrogen-bond acceptors (Lipinski definition) is 5. The first kappa shape index (κ1) is 15.2. The lowest BCUT2D eigenvalue weighted by atomic mass is 10.2. The molecule has 0 saturated carbocycles. The molecule has 0 aromatic heterocycles.